The van der Waals surface area contributed by atoms with Gasteiger partial charge in [-0.05, 0) is 24.4 Å². The number of carbonyl (C=O) groups is 1. The minimum atomic E-state index is -0.0921. The second-order valence-corrected chi connectivity index (χ2v) is 8.96. The average Bonchev–Trinajstić information content (AvgIpc) is 2.66. The Morgan fingerprint density at radius 2 is 0.778 bits per heavy atom. The number of halogens is 1. The van der Waals surface area contributed by atoms with E-state index >= 15 is 0 Å². The molecule has 2 heteroatoms. The number of carbonyl (C=O) groups excluding carboxylic acids is 1. The molecule has 0 N–H and O–H groups in total. The van der Waals surface area contributed by atoms with Crippen molar-refractivity contribution < 1.29 is 4.79 Å². The Balaban J connectivity index is 3.46. The van der Waals surface area contributed by atoms with E-state index in [9.17, 15) is 4.79 Å². The first-order valence-electron chi connectivity index (χ1n) is 12.4. The van der Waals surface area contributed by atoms with Crippen LogP contribution in [-0.2, 0) is 4.79 Å². The van der Waals surface area contributed by atoms with Crippen LogP contribution in [0, 0.1) is 5.92 Å². The van der Waals surface area contributed by atoms with Crippen molar-refractivity contribution in [1.29, 1.82) is 0 Å². The summed E-state index contributed by atoms with van der Waals surface area (Å²) in [6.45, 7) is 4.54. The zero-order valence-corrected chi connectivity index (χ0v) is 19.5. The van der Waals surface area contributed by atoms with Gasteiger partial charge in [0.15, 0.2) is 0 Å². The van der Waals surface area contributed by atoms with Gasteiger partial charge in [-0.25, -0.2) is 0 Å². The van der Waals surface area contributed by atoms with Crippen LogP contribution in [0.3, 0.4) is 0 Å². The molecule has 0 fully saturated rings. The van der Waals surface area contributed by atoms with Crippen LogP contribution in [0.25, 0.3) is 0 Å². The molecule has 0 amide bonds. The second-order valence-electron chi connectivity index (χ2n) is 8.59. The molecule has 0 saturated heterocycles. The Hall–Kier alpha value is -0.0400. The minimum Gasteiger partial charge on any atom is -0.281 e. The van der Waals surface area contributed by atoms with Crippen LogP contribution in [0.15, 0.2) is 0 Å². The van der Waals surface area contributed by atoms with Gasteiger partial charge in [0, 0.05) is 5.92 Å². The summed E-state index contributed by atoms with van der Waals surface area (Å²) in [7, 11) is 0. The molecule has 162 valence electrons. The van der Waals surface area contributed by atoms with Gasteiger partial charge in [0.25, 0.3) is 0 Å². The van der Waals surface area contributed by atoms with Crippen LogP contribution in [0.5, 0.6) is 0 Å². The number of rotatable bonds is 22. The molecule has 0 radical (unpaired) electrons. The Bertz CT molecular complexity index is 303. The molecule has 0 aromatic rings. The Kier molecular flexibility index (Phi) is 22.2. The largest absolute Gasteiger partial charge is 0.281 e. The van der Waals surface area contributed by atoms with Crippen molar-refractivity contribution in [2.24, 2.45) is 5.92 Å². The van der Waals surface area contributed by atoms with Crippen molar-refractivity contribution in [3.63, 3.8) is 0 Å². The first-order chi connectivity index (χ1) is 13.2. The van der Waals surface area contributed by atoms with E-state index in [1.54, 1.807) is 0 Å². The van der Waals surface area contributed by atoms with E-state index in [1.807, 2.05) is 0 Å². The summed E-state index contributed by atoms with van der Waals surface area (Å²) < 4.78 is 0. The van der Waals surface area contributed by atoms with E-state index in [0.717, 1.165) is 12.8 Å². The smallest absolute Gasteiger partial charge is 0.224 e. The third kappa shape index (κ3) is 20.5. The van der Waals surface area contributed by atoms with Crippen LogP contribution in [0.2, 0.25) is 0 Å². The molecular formula is C25H49ClO. The zero-order chi connectivity index (χ0) is 20.0. The zero-order valence-electron chi connectivity index (χ0n) is 18.7. The molecule has 0 rings (SSSR count). The normalized spacial score (nSPS) is 12.4. The van der Waals surface area contributed by atoms with Crippen molar-refractivity contribution in [2.75, 3.05) is 0 Å². The first kappa shape index (κ1) is 27.0. The van der Waals surface area contributed by atoms with Crippen LogP contribution in [0.1, 0.15) is 149 Å². The van der Waals surface area contributed by atoms with Crippen LogP contribution >= 0.6 is 11.6 Å². The third-order valence-corrected chi connectivity index (χ3v) is 6.19. The maximum Gasteiger partial charge on any atom is 0.224 e. The predicted molar refractivity (Wildman–Crippen MR) is 123 cm³/mol. The number of hydrogen-bond acceptors (Lipinski definition) is 1. The fraction of sp³-hybridized carbons (Fsp3) is 0.960. The van der Waals surface area contributed by atoms with E-state index in [0.29, 0.717) is 0 Å². The van der Waals surface area contributed by atoms with Crippen LogP contribution in [-0.4, -0.2) is 5.24 Å². The molecule has 0 aromatic heterocycles. The van der Waals surface area contributed by atoms with Crippen molar-refractivity contribution >= 4 is 16.8 Å². The van der Waals surface area contributed by atoms with Gasteiger partial charge in [-0.15, -0.1) is 0 Å². The van der Waals surface area contributed by atoms with E-state index < -0.39 is 0 Å². The molecule has 27 heavy (non-hydrogen) atoms. The lowest BCUT2D eigenvalue weighted by atomic mass is 9.95. The lowest BCUT2D eigenvalue weighted by Gasteiger charge is -2.12. The molecule has 0 spiro atoms. The quantitative estimate of drug-likeness (QED) is 0.130. The van der Waals surface area contributed by atoms with Crippen LogP contribution in [0.4, 0.5) is 0 Å². The monoisotopic (exact) mass is 400 g/mol. The Morgan fingerprint density at radius 3 is 1.04 bits per heavy atom. The van der Waals surface area contributed by atoms with Crippen molar-refractivity contribution in [3.05, 3.63) is 0 Å². The predicted octanol–water partition coefficient (Wildman–Crippen LogP) is 9.60. The molecular weight excluding hydrogens is 352 g/mol. The Labute approximate surface area is 176 Å². The van der Waals surface area contributed by atoms with Gasteiger partial charge < -0.3 is 0 Å². The molecule has 0 bridgehead atoms. The van der Waals surface area contributed by atoms with Gasteiger partial charge in [0.2, 0.25) is 5.24 Å². The molecule has 1 atom stereocenters. The highest BCUT2D eigenvalue weighted by Gasteiger charge is 2.15. The summed E-state index contributed by atoms with van der Waals surface area (Å²) in [5, 5.41) is -0.0921. The number of hydrogen-bond donors (Lipinski definition) is 0. The van der Waals surface area contributed by atoms with Gasteiger partial charge in [0.1, 0.15) is 0 Å². The SMILES string of the molecule is CCCCCCCCCCCCC(CCCCCCCCCCC)C(=O)Cl. The van der Waals surface area contributed by atoms with E-state index in [-0.39, 0.29) is 11.2 Å². The average molecular weight is 401 g/mol. The maximum atomic E-state index is 11.7. The lowest BCUT2D eigenvalue weighted by molar-refractivity contribution is -0.115. The molecule has 0 aromatic carbocycles. The lowest BCUT2D eigenvalue weighted by Crippen LogP contribution is -2.08. The van der Waals surface area contributed by atoms with Gasteiger partial charge in [-0.2, -0.15) is 0 Å². The van der Waals surface area contributed by atoms with Gasteiger partial charge in [0.05, 0.1) is 0 Å². The van der Waals surface area contributed by atoms with E-state index in [1.165, 1.54) is 122 Å². The van der Waals surface area contributed by atoms with Crippen molar-refractivity contribution in [1.82, 2.24) is 0 Å². The van der Waals surface area contributed by atoms with E-state index in [4.69, 9.17) is 11.6 Å². The van der Waals surface area contributed by atoms with E-state index in [2.05, 4.69) is 13.8 Å². The van der Waals surface area contributed by atoms with Gasteiger partial charge in [-0.3, -0.25) is 4.79 Å². The summed E-state index contributed by atoms with van der Waals surface area (Å²) in [6, 6.07) is 0. The maximum absolute atomic E-state index is 11.7. The fourth-order valence-electron chi connectivity index (χ4n) is 3.95. The highest BCUT2D eigenvalue weighted by Crippen LogP contribution is 2.21. The topological polar surface area (TPSA) is 17.1 Å². The third-order valence-electron chi connectivity index (χ3n) is 5.88. The molecule has 0 aliphatic heterocycles. The molecule has 0 aliphatic carbocycles. The second kappa shape index (κ2) is 22.3. The molecule has 1 unspecified atom stereocenters. The summed E-state index contributed by atoms with van der Waals surface area (Å²) in [6.07, 6.45) is 27.5. The minimum absolute atomic E-state index is 0.0921. The molecule has 0 saturated carbocycles. The molecule has 0 aliphatic rings. The number of unbranched alkanes of at least 4 members (excludes halogenated alkanes) is 17. The van der Waals surface area contributed by atoms with Crippen LogP contribution < -0.4 is 0 Å². The van der Waals surface area contributed by atoms with Crippen molar-refractivity contribution in [3.8, 4) is 0 Å². The summed E-state index contributed by atoms with van der Waals surface area (Å²) in [5.74, 6) is 0.116. The van der Waals surface area contributed by atoms with Crippen molar-refractivity contribution in [2.45, 2.75) is 149 Å². The summed E-state index contributed by atoms with van der Waals surface area (Å²) >= 11 is 5.84. The molecule has 0 heterocycles. The summed E-state index contributed by atoms with van der Waals surface area (Å²) in [5.41, 5.74) is 0. The van der Waals surface area contributed by atoms with Gasteiger partial charge >= 0.3 is 0 Å². The highest BCUT2D eigenvalue weighted by molar-refractivity contribution is 6.63. The summed E-state index contributed by atoms with van der Waals surface area (Å²) in [4.78, 5) is 11.7. The highest BCUT2D eigenvalue weighted by atomic mass is 35.5. The standard InChI is InChI=1S/C25H49ClO/c1-3-5-7-9-11-13-15-17-19-21-23-24(25(26)27)22-20-18-16-14-12-10-8-6-4-2/h24H,3-23H2,1-2H3. The Morgan fingerprint density at radius 1 is 0.519 bits per heavy atom. The first-order valence-corrected chi connectivity index (χ1v) is 12.8. The fourth-order valence-corrected chi connectivity index (χ4v) is 4.17. The molecule has 1 nitrogen and oxygen atoms in total. The van der Waals surface area contributed by atoms with Gasteiger partial charge in [-0.1, -0.05) is 136 Å².